The maximum absolute atomic E-state index is 2.49. The zero-order chi connectivity index (χ0) is 12.1. The maximum Gasteiger partial charge on any atom is 0.00105 e. The maximum atomic E-state index is 2.49. The molecule has 0 saturated heterocycles. The SMILES string of the molecule is CC(C)(C)C1=CCC2=CC(C(C)(C)C)C=C21. The van der Waals surface area contributed by atoms with E-state index in [9.17, 15) is 0 Å². The van der Waals surface area contributed by atoms with Gasteiger partial charge in [-0.15, -0.1) is 0 Å². The second kappa shape index (κ2) is 3.35. The minimum Gasteiger partial charge on any atom is -0.0758 e. The zero-order valence-corrected chi connectivity index (χ0v) is 11.5. The van der Waals surface area contributed by atoms with Crippen molar-refractivity contribution in [2.24, 2.45) is 16.7 Å². The van der Waals surface area contributed by atoms with Crippen LogP contribution in [-0.4, -0.2) is 0 Å². The largest absolute Gasteiger partial charge is 0.0758 e. The number of rotatable bonds is 0. The van der Waals surface area contributed by atoms with Gasteiger partial charge in [0.1, 0.15) is 0 Å². The van der Waals surface area contributed by atoms with Crippen molar-refractivity contribution in [1.29, 1.82) is 0 Å². The molecule has 88 valence electrons. The van der Waals surface area contributed by atoms with E-state index >= 15 is 0 Å². The van der Waals surface area contributed by atoms with E-state index in [0.29, 0.717) is 11.3 Å². The summed E-state index contributed by atoms with van der Waals surface area (Å²) in [6.45, 7) is 13.9. The summed E-state index contributed by atoms with van der Waals surface area (Å²) >= 11 is 0. The van der Waals surface area contributed by atoms with E-state index in [0.717, 1.165) is 6.42 Å². The Morgan fingerprint density at radius 3 is 2.12 bits per heavy atom. The van der Waals surface area contributed by atoms with Gasteiger partial charge in [0.05, 0.1) is 0 Å². The molecule has 0 saturated carbocycles. The van der Waals surface area contributed by atoms with Gasteiger partial charge in [-0.05, 0) is 34.0 Å². The third kappa shape index (κ3) is 1.90. The molecule has 0 aromatic heterocycles. The summed E-state index contributed by atoms with van der Waals surface area (Å²) in [5.74, 6) is 0.614. The Morgan fingerprint density at radius 1 is 1.00 bits per heavy atom. The Kier molecular flexibility index (Phi) is 2.45. The van der Waals surface area contributed by atoms with Gasteiger partial charge in [-0.2, -0.15) is 0 Å². The van der Waals surface area contributed by atoms with Crippen LogP contribution in [0.5, 0.6) is 0 Å². The highest BCUT2D eigenvalue weighted by molar-refractivity contribution is 5.59. The molecule has 0 N–H and O–H groups in total. The standard InChI is InChI=1S/C16H24/c1-15(2,3)12-9-11-7-8-14(13(11)10-12)16(4,5)6/h8-10,12H,7H2,1-6H3. The number of allylic oxidation sites excluding steroid dienone is 6. The van der Waals surface area contributed by atoms with Crippen molar-refractivity contribution in [2.75, 3.05) is 0 Å². The van der Waals surface area contributed by atoms with Gasteiger partial charge in [0, 0.05) is 5.92 Å². The van der Waals surface area contributed by atoms with Gasteiger partial charge in [-0.3, -0.25) is 0 Å². The average Bonchev–Trinajstić information content (AvgIpc) is 2.53. The molecular weight excluding hydrogens is 192 g/mol. The molecular formula is C16H24. The van der Waals surface area contributed by atoms with Crippen LogP contribution in [0.1, 0.15) is 48.0 Å². The summed E-state index contributed by atoms with van der Waals surface area (Å²) in [6.07, 6.45) is 8.52. The Labute approximate surface area is 100 Å². The second-order valence-corrected chi connectivity index (χ2v) is 7.24. The summed E-state index contributed by atoms with van der Waals surface area (Å²) in [6, 6.07) is 0. The fourth-order valence-corrected chi connectivity index (χ4v) is 2.61. The molecule has 16 heavy (non-hydrogen) atoms. The summed E-state index contributed by atoms with van der Waals surface area (Å²) in [4.78, 5) is 0. The lowest BCUT2D eigenvalue weighted by Gasteiger charge is -2.25. The van der Waals surface area contributed by atoms with Crippen LogP contribution >= 0.6 is 0 Å². The van der Waals surface area contributed by atoms with Gasteiger partial charge >= 0.3 is 0 Å². The molecule has 0 spiro atoms. The first kappa shape index (κ1) is 11.7. The fourth-order valence-electron chi connectivity index (χ4n) is 2.61. The number of hydrogen-bond acceptors (Lipinski definition) is 0. The van der Waals surface area contributed by atoms with Crippen LogP contribution in [0.15, 0.2) is 34.9 Å². The predicted octanol–water partition coefficient (Wildman–Crippen LogP) is 4.89. The molecule has 0 bridgehead atoms. The second-order valence-electron chi connectivity index (χ2n) is 7.24. The van der Waals surface area contributed by atoms with E-state index in [2.05, 4.69) is 59.8 Å². The highest BCUT2D eigenvalue weighted by atomic mass is 14.4. The molecule has 1 atom stereocenters. The highest BCUT2D eigenvalue weighted by Gasteiger charge is 2.33. The van der Waals surface area contributed by atoms with E-state index in [-0.39, 0.29) is 5.41 Å². The Bertz CT molecular complexity index is 389. The first-order valence-corrected chi connectivity index (χ1v) is 6.33. The molecule has 0 heteroatoms. The third-order valence-electron chi connectivity index (χ3n) is 3.70. The molecule has 0 aromatic carbocycles. The molecule has 0 aromatic rings. The van der Waals surface area contributed by atoms with Gasteiger partial charge in [-0.1, -0.05) is 59.8 Å². The Hall–Kier alpha value is -0.780. The van der Waals surface area contributed by atoms with Crippen LogP contribution in [0.4, 0.5) is 0 Å². The van der Waals surface area contributed by atoms with Crippen molar-refractivity contribution < 1.29 is 0 Å². The van der Waals surface area contributed by atoms with E-state index in [1.807, 2.05) is 0 Å². The van der Waals surface area contributed by atoms with Crippen molar-refractivity contribution in [2.45, 2.75) is 48.0 Å². The van der Waals surface area contributed by atoms with Crippen molar-refractivity contribution in [3.8, 4) is 0 Å². The van der Waals surface area contributed by atoms with E-state index < -0.39 is 0 Å². The van der Waals surface area contributed by atoms with Crippen LogP contribution in [0.3, 0.4) is 0 Å². The van der Waals surface area contributed by atoms with Gasteiger partial charge < -0.3 is 0 Å². The summed E-state index contributed by atoms with van der Waals surface area (Å²) in [5, 5.41) is 0. The minimum atomic E-state index is 0.286. The van der Waals surface area contributed by atoms with Crippen LogP contribution in [0, 0.1) is 16.7 Å². The summed E-state index contributed by atoms with van der Waals surface area (Å²) in [7, 11) is 0. The lowest BCUT2D eigenvalue weighted by atomic mass is 9.80. The minimum absolute atomic E-state index is 0.286. The Morgan fingerprint density at radius 2 is 1.62 bits per heavy atom. The van der Waals surface area contributed by atoms with Crippen molar-refractivity contribution in [3.63, 3.8) is 0 Å². The molecule has 1 unspecified atom stereocenters. The average molecular weight is 216 g/mol. The smallest absolute Gasteiger partial charge is 0.00105 e. The van der Waals surface area contributed by atoms with E-state index in [1.54, 1.807) is 11.1 Å². The first-order valence-electron chi connectivity index (χ1n) is 6.33. The van der Waals surface area contributed by atoms with Crippen LogP contribution in [0.25, 0.3) is 0 Å². The molecule has 0 amide bonds. The monoisotopic (exact) mass is 216 g/mol. The normalized spacial score (nSPS) is 25.1. The van der Waals surface area contributed by atoms with Gasteiger partial charge in [0.2, 0.25) is 0 Å². The third-order valence-corrected chi connectivity index (χ3v) is 3.70. The molecule has 2 aliphatic carbocycles. The van der Waals surface area contributed by atoms with E-state index in [4.69, 9.17) is 0 Å². The Balaban J connectivity index is 2.33. The molecule has 2 rings (SSSR count). The molecule has 0 heterocycles. The topological polar surface area (TPSA) is 0 Å². The molecule has 0 aliphatic heterocycles. The van der Waals surface area contributed by atoms with Gasteiger partial charge in [0.15, 0.2) is 0 Å². The van der Waals surface area contributed by atoms with Crippen LogP contribution in [-0.2, 0) is 0 Å². The molecule has 0 fully saturated rings. The van der Waals surface area contributed by atoms with Gasteiger partial charge in [-0.25, -0.2) is 0 Å². The molecule has 0 nitrogen and oxygen atoms in total. The predicted molar refractivity (Wildman–Crippen MR) is 71.3 cm³/mol. The van der Waals surface area contributed by atoms with Crippen LogP contribution in [0.2, 0.25) is 0 Å². The van der Waals surface area contributed by atoms with Crippen molar-refractivity contribution >= 4 is 0 Å². The highest BCUT2D eigenvalue weighted by Crippen LogP contribution is 2.47. The number of hydrogen-bond donors (Lipinski definition) is 0. The van der Waals surface area contributed by atoms with E-state index in [1.165, 1.54) is 5.57 Å². The van der Waals surface area contributed by atoms with Gasteiger partial charge in [0.25, 0.3) is 0 Å². The summed E-state index contributed by atoms with van der Waals surface area (Å²) in [5.41, 5.74) is 5.28. The molecule has 0 radical (unpaired) electrons. The van der Waals surface area contributed by atoms with Crippen LogP contribution < -0.4 is 0 Å². The molecule has 2 aliphatic rings. The lowest BCUT2D eigenvalue weighted by Crippen LogP contribution is -2.15. The van der Waals surface area contributed by atoms with Crippen molar-refractivity contribution in [3.05, 3.63) is 34.9 Å². The first-order chi connectivity index (χ1) is 7.19. The zero-order valence-electron chi connectivity index (χ0n) is 11.5. The summed E-state index contributed by atoms with van der Waals surface area (Å²) < 4.78 is 0. The quantitative estimate of drug-likeness (QED) is 0.540. The lowest BCUT2D eigenvalue weighted by molar-refractivity contribution is 0.345. The number of fused-ring (bicyclic) bond motifs is 1. The van der Waals surface area contributed by atoms with Crippen molar-refractivity contribution in [1.82, 2.24) is 0 Å². The fraction of sp³-hybridized carbons (Fsp3) is 0.625.